The van der Waals surface area contributed by atoms with Crippen LogP contribution in [0.15, 0.2) is 30.3 Å². The molecule has 6 heteroatoms. The maximum atomic E-state index is 11.8. The van der Waals surface area contributed by atoms with Crippen LogP contribution in [0.5, 0.6) is 0 Å². The quantitative estimate of drug-likeness (QED) is 0.734. The van der Waals surface area contributed by atoms with Gasteiger partial charge >= 0.3 is 5.97 Å². The number of nitrogens with one attached hydrogen (secondary N) is 1. The summed E-state index contributed by atoms with van der Waals surface area (Å²) in [7, 11) is 0. The number of carbonyl (C=O) groups is 3. The van der Waals surface area contributed by atoms with Gasteiger partial charge in [0.25, 0.3) is 0 Å². The van der Waals surface area contributed by atoms with Gasteiger partial charge in [-0.3, -0.25) is 9.59 Å². The van der Waals surface area contributed by atoms with E-state index in [9.17, 15) is 14.4 Å². The minimum absolute atomic E-state index is 0.0578. The molecule has 0 fully saturated rings. The highest BCUT2D eigenvalue weighted by Gasteiger charge is 2.18. The predicted octanol–water partition coefficient (Wildman–Crippen LogP) is 1.19. The van der Waals surface area contributed by atoms with Crippen molar-refractivity contribution in [3.63, 3.8) is 0 Å². The molecule has 19 heavy (non-hydrogen) atoms. The van der Waals surface area contributed by atoms with E-state index < -0.39 is 17.9 Å². The fourth-order valence-electron chi connectivity index (χ4n) is 1.40. The minimum atomic E-state index is -1.10. The van der Waals surface area contributed by atoms with Crippen molar-refractivity contribution in [3.05, 3.63) is 35.9 Å². The number of benzene rings is 1. The fourth-order valence-corrected chi connectivity index (χ4v) is 2.33. The van der Waals surface area contributed by atoms with Crippen LogP contribution in [0.2, 0.25) is 0 Å². The number of Topliss-reactive ketones (excluding diaryl/α,β-unsaturated/α-hetero) is 1. The van der Waals surface area contributed by atoms with E-state index in [0.29, 0.717) is 5.56 Å². The van der Waals surface area contributed by atoms with Crippen molar-refractivity contribution in [2.45, 2.75) is 13.0 Å². The van der Waals surface area contributed by atoms with Gasteiger partial charge in [-0.05, 0) is 0 Å². The smallest absolute Gasteiger partial charge is 0.327 e. The van der Waals surface area contributed by atoms with Gasteiger partial charge < -0.3 is 10.4 Å². The number of rotatable bonds is 7. The van der Waals surface area contributed by atoms with Gasteiger partial charge in [0.15, 0.2) is 5.78 Å². The van der Waals surface area contributed by atoms with Gasteiger partial charge in [0, 0.05) is 18.2 Å². The molecule has 1 atom stereocenters. The van der Waals surface area contributed by atoms with Gasteiger partial charge in [0.2, 0.25) is 5.91 Å². The Morgan fingerprint density at radius 2 is 1.89 bits per heavy atom. The molecule has 0 aromatic heterocycles. The van der Waals surface area contributed by atoms with Crippen molar-refractivity contribution in [2.75, 3.05) is 11.5 Å². The monoisotopic (exact) mass is 281 g/mol. The summed E-state index contributed by atoms with van der Waals surface area (Å²) in [6.07, 6.45) is 0. The molecule has 0 radical (unpaired) electrons. The van der Waals surface area contributed by atoms with Crippen LogP contribution in [0, 0.1) is 0 Å². The molecule has 0 aliphatic heterocycles. The summed E-state index contributed by atoms with van der Waals surface area (Å²) in [5, 5.41) is 11.2. The van der Waals surface area contributed by atoms with Gasteiger partial charge in [-0.15, -0.1) is 0 Å². The lowest BCUT2D eigenvalue weighted by Crippen LogP contribution is -2.41. The van der Waals surface area contributed by atoms with E-state index in [1.165, 1.54) is 18.7 Å². The zero-order chi connectivity index (χ0) is 14.3. The second kappa shape index (κ2) is 7.58. The van der Waals surface area contributed by atoms with Gasteiger partial charge in [0.05, 0.1) is 5.75 Å². The number of carboxylic acids is 1. The Balaban J connectivity index is 2.42. The summed E-state index contributed by atoms with van der Waals surface area (Å²) in [5.41, 5.74) is 0.599. The van der Waals surface area contributed by atoms with Crippen LogP contribution in [0.1, 0.15) is 17.3 Å². The molecule has 0 saturated heterocycles. The van der Waals surface area contributed by atoms with Crippen LogP contribution in [0.4, 0.5) is 0 Å². The Morgan fingerprint density at radius 3 is 2.42 bits per heavy atom. The normalized spacial score (nSPS) is 11.6. The van der Waals surface area contributed by atoms with Crippen LogP contribution < -0.4 is 5.32 Å². The molecule has 0 aliphatic rings. The molecule has 0 heterocycles. The van der Waals surface area contributed by atoms with E-state index in [-0.39, 0.29) is 17.3 Å². The predicted molar refractivity (Wildman–Crippen MR) is 73.3 cm³/mol. The molecular formula is C13H15NO4S. The number of amides is 1. The van der Waals surface area contributed by atoms with E-state index in [0.717, 1.165) is 0 Å². The summed E-state index contributed by atoms with van der Waals surface area (Å²) >= 11 is 1.19. The van der Waals surface area contributed by atoms with Gasteiger partial charge in [-0.2, -0.15) is 11.8 Å². The number of ketones is 1. The van der Waals surface area contributed by atoms with Crippen molar-refractivity contribution in [1.82, 2.24) is 5.32 Å². The molecule has 1 amide bonds. The third-order valence-electron chi connectivity index (χ3n) is 2.29. The second-order valence-electron chi connectivity index (χ2n) is 3.90. The summed E-state index contributed by atoms with van der Waals surface area (Å²) in [4.78, 5) is 33.5. The van der Waals surface area contributed by atoms with Crippen molar-refractivity contribution in [2.24, 2.45) is 0 Å². The number of carbonyl (C=O) groups excluding carboxylic acids is 2. The van der Waals surface area contributed by atoms with Crippen LogP contribution >= 0.6 is 11.8 Å². The number of hydrogen-bond donors (Lipinski definition) is 2. The standard InChI is InChI=1S/C13H15NO4S/c1-9(15)14-11(13(17)18)7-19-8-12(16)10-5-3-2-4-6-10/h2-6,11H,7-8H2,1H3,(H,14,15)(H,17,18)/t11-/m1/s1. The van der Waals surface area contributed by atoms with Crippen molar-refractivity contribution in [1.29, 1.82) is 0 Å². The van der Waals surface area contributed by atoms with Crippen molar-refractivity contribution >= 4 is 29.4 Å². The molecule has 5 nitrogen and oxygen atoms in total. The third kappa shape index (κ3) is 5.56. The number of carboxylic acid groups (broad SMARTS) is 1. The topological polar surface area (TPSA) is 83.5 Å². The molecule has 102 valence electrons. The highest BCUT2D eigenvalue weighted by Crippen LogP contribution is 2.09. The number of aliphatic carboxylic acids is 1. The van der Waals surface area contributed by atoms with E-state index >= 15 is 0 Å². The summed E-state index contributed by atoms with van der Waals surface area (Å²) in [5.74, 6) is -1.21. The maximum Gasteiger partial charge on any atom is 0.327 e. The molecule has 0 aliphatic carbocycles. The molecule has 0 bridgehead atoms. The molecule has 0 spiro atoms. The molecular weight excluding hydrogens is 266 g/mol. The summed E-state index contributed by atoms with van der Waals surface area (Å²) in [6.45, 7) is 1.26. The zero-order valence-electron chi connectivity index (χ0n) is 10.5. The number of hydrogen-bond acceptors (Lipinski definition) is 4. The highest BCUT2D eigenvalue weighted by molar-refractivity contribution is 8.00. The highest BCUT2D eigenvalue weighted by atomic mass is 32.2. The Morgan fingerprint density at radius 1 is 1.26 bits per heavy atom. The average molecular weight is 281 g/mol. The van der Waals surface area contributed by atoms with E-state index in [1.54, 1.807) is 24.3 Å². The first-order valence-electron chi connectivity index (χ1n) is 5.66. The second-order valence-corrected chi connectivity index (χ2v) is 4.93. The minimum Gasteiger partial charge on any atom is -0.480 e. The Labute approximate surface area is 115 Å². The van der Waals surface area contributed by atoms with Crippen molar-refractivity contribution in [3.8, 4) is 0 Å². The molecule has 1 rings (SSSR count). The SMILES string of the molecule is CC(=O)N[C@H](CSCC(=O)c1ccccc1)C(=O)O. The number of thioether (sulfide) groups is 1. The lowest BCUT2D eigenvalue weighted by molar-refractivity contribution is -0.140. The average Bonchev–Trinajstić information content (AvgIpc) is 2.37. The van der Waals surface area contributed by atoms with Crippen LogP contribution in [-0.2, 0) is 9.59 Å². The largest absolute Gasteiger partial charge is 0.480 e. The lowest BCUT2D eigenvalue weighted by Gasteiger charge is -2.12. The first-order chi connectivity index (χ1) is 9.00. The fraction of sp³-hybridized carbons (Fsp3) is 0.308. The van der Waals surface area contributed by atoms with Crippen LogP contribution in [0.25, 0.3) is 0 Å². The molecule has 1 aromatic carbocycles. The summed E-state index contributed by atoms with van der Waals surface area (Å²) in [6, 6.07) is 7.83. The van der Waals surface area contributed by atoms with Crippen LogP contribution in [0.3, 0.4) is 0 Å². The maximum absolute atomic E-state index is 11.8. The molecule has 0 saturated carbocycles. The molecule has 1 aromatic rings. The third-order valence-corrected chi connectivity index (χ3v) is 3.32. The van der Waals surface area contributed by atoms with Gasteiger partial charge in [-0.25, -0.2) is 4.79 Å². The van der Waals surface area contributed by atoms with Crippen molar-refractivity contribution < 1.29 is 19.5 Å². The molecule has 0 unspecified atom stereocenters. The van der Waals surface area contributed by atoms with Crippen LogP contribution in [-0.4, -0.2) is 40.3 Å². The zero-order valence-corrected chi connectivity index (χ0v) is 11.3. The van der Waals surface area contributed by atoms with E-state index in [1.807, 2.05) is 6.07 Å². The van der Waals surface area contributed by atoms with E-state index in [4.69, 9.17) is 5.11 Å². The Hall–Kier alpha value is -1.82. The lowest BCUT2D eigenvalue weighted by atomic mass is 10.2. The van der Waals surface area contributed by atoms with Gasteiger partial charge in [-0.1, -0.05) is 30.3 Å². The Bertz CT molecular complexity index is 461. The summed E-state index contributed by atoms with van der Waals surface area (Å²) < 4.78 is 0. The Kier molecular flexibility index (Phi) is 6.08. The molecule has 2 N–H and O–H groups in total. The van der Waals surface area contributed by atoms with E-state index in [2.05, 4.69) is 5.32 Å². The first kappa shape index (κ1) is 15.2. The first-order valence-corrected chi connectivity index (χ1v) is 6.82. The van der Waals surface area contributed by atoms with Gasteiger partial charge in [0.1, 0.15) is 6.04 Å².